The SMILES string of the molecule is COc1cc(/C=N/NC(=O)c2ccc(Cl)cc2)ccc1OC(=O)c1ccc(Cl)cc1Cl. The van der Waals surface area contributed by atoms with Gasteiger partial charge in [-0.3, -0.25) is 4.79 Å². The molecule has 158 valence electrons. The van der Waals surface area contributed by atoms with Crippen molar-refractivity contribution in [1.29, 1.82) is 0 Å². The predicted molar refractivity (Wildman–Crippen MR) is 121 cm³/mol. The molecule has 1 amide bonds. The third-order valence-electron chi connectivity index (χ3n) is 4.03. The van der Waals surface area contributed by atoms with Crippen molar-refractivity contribution in [2.24, 2.45) is 5.10 Å². The van der Waals surface area contributed by atoms with Crippen molar-refractivity contribution in [3.05, 3.63) is 92.4 Å². The molecule has 0 heterocycles. The van der Waals surface area contributed by atoms with Crippen molar-refractivity contribution < 1.29 is 19.1 Å². The van der Waals surface area contributed by atoms with Crippen molar-refractivity contribution in [1.82, 2.24) is 5.43 Å². The Labute approximate surface area is 193 Å². The largest absolute Gasteiger partial charge is 0.493 e. The molecule has 0 saturated carbocycles. The van der Waals surface area contributed by atoms with E-state index >= 15 is 0 Å². The zero-order chi connectivity index (χ0) is 22.4. The standard InChI is InChI=1S/C22H15Cl3N2O4/c1-30-20-10-13(12-26-27-21(28)14-3-5-15(23)6-4-14)2-9-19(20)31-22(29)17-8-7-16(24)11-18(17)25/h2-12H,1H3,(H,27,28)/b26-12+. The van der Waals surface area contributed by atoms with Crippen LogP contribution in [-0.2, 0) is 0 Å². The monoisotopic (exact) mass is 476 g/mol. The van der Waals surface area contributed by atoms with Crippen molar-refractivity contribution in [2.45, 2.75) is 0 Å². The number of hydrogen-bond acceptors (Lipinski definition) is 5. The molecule has 0 aromatic heterocycles. The molecule has 6 nitrogen and oxygen atoms in total. The van der Waals surface area contributed by atoms with Crippen LogP contribution in [0.25, 0.3) is 0 Å². The number of benzene rings is 3. The fraction of sp³-hybridized carbons (Fsp3) is 0.0455. The molecule has 0 aliphatic carbocycles. The molecular weight excluding hydrogens is 463 g/mol. The molecule has 1 N–H and O–H groups in total. The number of ether oxygens (including phenoxy) is 2. The summed E-state index contributed by atoms with van der Waals surface area (Å²) in [5.41, 5.74) is 3.62. The molecular formula is C22H15Cl3N2O4. The molecule has 0 fully saturated rings. The van der Waals surface area contributed by atoms with E-state index < -0.39 is 5.97 Å². The van der Waals surface area contributed by atoms with Gasteiger partial charge in [-0.25, -0.2) is 10.2 Å². The average Bonchev–Trinajstić information content (AvgIpc) is 2.75. The first-order chi connectivity index (χ1) is 14.9. The molecule has 3 aromatic carbocycles. The summed E-state index contributed by atoms with van der Waals surface area (Å²) in [6.45, 7) is 0. The van der Waals surface area contributed by atoms with E-state index in [0.717, 1.165) is 0 Å². The summed E-state index contributed by atoms with van der Waals surface area (Å²) in [4.78, 5) is 24.5. The van der Waals surface area contributed by atoms with Crippen LogP contribution in [0.3, 0.4) is 0 Å². The normalized spacial score (nSPS) is 10.7. The number of carbonyl (C=O) groups is 2. The first-order valence-electron chi connectivity index (χ1n) is 8.81. The smallest absolute Gasteiger partial charge is 0.345 e. The fourth-order valence-corrected chi connectivity index (χ4v) is 3.10. The number of hydrazone groups is 1. The van der Waals surface area contributed by atoms with Crippen molar-refractivity contribution in [2.75, 3.05) is 7.11 Å². The Morgan fingerprint density at radius 1 is 0.903 bits per heavy atom. The Balaban J connectivity index is 1.69. The first-order valence-corrected chi connectivity index (χ1v) is 9.95. The second-order valence-corrected chi connectivity index (χ2v) is 7.41. The van der Waals surface area contributed by atoms with Gasteiger partial charge in [0.25, 0.3) is 5.91 Å². The van der Waals surface area contributed by atoms with E-state index in [4.69, 9.17) is 44.3 Å². The molecule has 0 aliphatic rings. The predicted octanol–water partition coefficient (Wildman–Crippen LogP) is 5.64. The Kier molecular flexibility index (Phi) is 7.52. The van der Waals surface area contributed by atoms with Crippen LogP contribution in [0.1, 0.15) is 26.3 Å². The summed E-state index contributed by atoms with van der Waals surface area (Å²) in [6.07, 6.45) is 1.43. The highest BCUT2D eigenvalue weighted by Gasteiger charge is 2.16. The fourth-order valence-electron chi connectivity index (χ4n) is 2.49. The third kappa shape index (κ3) is 5.98. The first kappa shape index (κ1) is 22.6. The minimum Gasteiger partial charge on any atom is -0.493 e. The van der Waals surface area contributed by atoms with Gasteiger partial charge in [0, 0.05) is 15.6 Å². The molecule has 0 aliphatic heterocycles. The minimum atomic E-state index is -0.656. The maximum atomic E-state index is 12.4. The van der Waals surface area contributed by atoms with Gasteiger partial charge < -0.3 is 9.47 Å². The summed E-state index contributed by atoms with van der Waals surface area (Å²) >= 11 is 17.7. The number of esters is 1. The summed E-state index contributed by atoms with van der Waals surface area (Å²) in [5, 5.41) is 5.04. The third-order valence-corrected chi connectivity index (χ3v) is 4.83. The van der Waals surface area contributed by atoms with Gasteiger partial charge in [0.05, 0.1) is 23.9 Å². The van der Waals surface area contributed by atoms with Gasteiger partial charge in [0.1, 0.15) is 0 Å². The van der Waals surface area contributed by atoms with E-state index in [1.54, 1.807) is 48.5 Å². The van der Waals surface area contributed by atoms with Gasteiger partial charge in [0.15, 0.2) is 11.5 Å². The molecule has 0 spiro atoms. The highest BCUT2D eigenvalue weighted by atomic mass is 35.5. The topological polar surface area (TPSA) is 77.0 Å². The van der Waals surface area contributed by atoms with Gasteiger partial charge in [-0.15, -0.1) is 0 Å². The maximum Gasteiger partial charge on any atom is 0.345 e. The molecule has 0 radical (unpaired) electrons. The highest BCUT2D eigenvalue weighted by Crippen LogP contribution is 2.30. The van der Waals surface area contributed by atoms with Crippen LogP contribution in [-0.4, -0.2) is 25.2 Å². The quantitative estimate of drug-likeness (QED) is 0.216. The molecule has 0 saturated heterocycles. The van der Waals surface area contributed by atoms with Crippen molar-refractivity contribution >= 4 is 52.9 Å². The van der Waals surface area contributed by atoms with Gasteiger partial charge in [-0.2, -0.15) is 5.10 Å². The molecule has 0 unspecified atom stereocenters. The minimum absolute atomic E-state index is 0.170. The number of methoxy groups -OCH3 is 1. The molecule has 9 heteroatoms. The summed E-state index contributed by atoms with van der Waals surface area (Å²) < 4.78 is 10.7. The van der Waals surface area contributed by atoms with Crippen LogP contribution >= 0.6 is 34.8 Å². The number of nitrogens with one attached hydrogen (secondary N) is 1. The number of hydrogen-bond donors (Lipinski definition) is 1. The number of rotatable bonds is 6. The lowest BCUT2D eigenvalue weighted by Gasteiger charge is -2.10. The maximum absolute atomic E-state index is 12.4. The van der Waals surface area contributed by atoms with Crippen LogP contribution < -0.4 is 14.9 Å². The van der Waals surface area contributed by atoms with Crippen LogP contribution in [0.4, 0.5) is 0 Å². The number of carbonyl (C=O) groups excluding carboxylic acids is 2. The van der Waals surface area contributed by atoms with Crippen LogP contribution in [0.2, 0.25) is 15.1 Å². The summed E-state index contributed by atoms with van der Waals surface area (Å²) in [5.74, 6) is -0.547. The highest BCUT2D eigenvalue weighted by molar-refractivity contribution is 6.36. The number of nitrogens with zero attached hydrogens (tertiary/aromatic N) is 1. The Hall–Kier alpha value is -3.06. The van der Waals surface area contributed by atoms with E-state index in [0.29, 0.717) is 26.9 Å². The second kappa shape index (κ2) is 10.3. The van der Waals surface area contributed by atoms with Gasteiger partial charge in [-0.1, -0.05) is 34.8 Å². The number of amides is 1. The Bertz CT molecular complexity index is 1150. The molecule has 31 heavy (non-hydrogen) atoms. The van der Waals surface area contributed by atoms with E-state index in [2.05, 4.69) is 10.5 Å². The Morgan fingerprint density at radius 3 is 2.29 bits per heavy atom. The van der Waals surface area contributed by atoms with E-state index in [1.165, 1.54) is 25.5 Å². The van der Waals surface area contributed by atoms with Crippen molar-refractivity contribution in [3.8, 4) is 11.5 Å². The van der Waals surface area contributed by atoms with E-state index in [9.17, 15) is 9.59 Å². The average molecular weight is 478 g/mol. The molecule has 3 aromatic rings. The lowest BCUT2D eigenvalue weighted by atomic mass is 10.2. The van der Waals surface area contributed by atoms with E-state index in [-0.39, 0.29) is 22.2 Å². The Morgan fingerprint density at radius 2 is 1.61 bits per heavy atom. The van der Waals surface area contributed by atoms with Crippen LogP contribution in [0.5, 0.6) is 11.5 Å². The summed E-state index contributed by atoms with van der Waals surface area (Å²) in [7, 11) is 1.44. The second-order valence-electron chi connectivity index (χ2n) is 6.13. The van der Waals surface area contributed by atoms with E-state index in [1.807, 2.05) is 0 Å². The van der Waals surface area contributed by atoms with Crippen LogP contribution in [0.15, 0.2) is 65.8 Å². The van der Waals surface area contributed by atoms with Gasteiger partial charge in [-0.05, 0) is 66.2 Å². The zero-order valence-electron chi connectivity index (χ0n) is 16.1. The molecule has 0 bridgehead atoms. The van der Waals surface area contributed by atoms with Gasteiger partial charge >= 0.3 is 5.97 Å². The molecule has 0 atom stereocenters. The lowest BCUT2D eigenvalue weighted by molar-refractivity contribution is 0.0729. The van der Waals surface area contributed by atoms with Crippen LogP contribution in [0, 0.1) is 0 Å². The zero-order valence-corrected chi connectivity index (χ0v) is 18.3. The number of halogens is 3. The molecule has 3 rings (SSSR count). The van der Waals surface area contributed by atoms with Crippen molar-refractivity contribution in [3.63, 3.8) is 0 Å². The summed E-state index contributed by atoms with van der Waals surface area (Å²) in [6, 6.07) is 15.7. The van der Waals surface area contributed by atoms with Gasteiger partial charge in [0.2, 0.25) is 0 Å². The lowest BCUT2D eigenvalue weighted by Crippen LogP contribution is -2.17.